The van der Waals surface area contributed by atoms with Crippen LogP contribution in [0.1, 0.15) is 13.3 Å². The van der Waals surface area contributed by atoms with E-state index < -0.39 is 0 Å². The second kappa shape index (κ2) is 5.21. The number of rotatable bonds is 4. The predicted octanol–water partition coefficient (Wildman–Crippen LogP) is 3.03. The lowest BCUT2D eigenvalue weighted by Gasteiger charge is -2.05. The highest BCUT2D eigenvalue weighted by molar-refractivity contribution is 14.1. The minimum absolute atomic E-state index is 0.655. The Hall–Kier alpha value is -0.580. The van der Waals surface area contributed by atoms with Crippen molar-refractivity contribution < 1.29 is 4.74 Å². The maximum Gasteiger partial charge on any atom is 0.227 e. The SMILES string of the molecule is C=C(C)CCOc1ncccc1I. The Kier molecular flexibility index (Phi) is 4.21. The number of hydrogen-bond donors (Lipinski definition) is 0. The first kappa shape index (κ1) is 10.5. The molecule has 0 spiro atoms. The minimum atomic E-state index is 0.655. The monoisotopic (exact) mass is 289 g/mol. The lowest BCUT2D eigenvalue weighted by molar-refractivity contribution is 0.307. The molecule has 2 nitrogen and oxygen atoms in total. The van der Waals surface area contributed by atoms with Gasteiger partial charge in [0.1, 0.15) is 0 Å². The van der Waals surface area contributed by atoms with Gasteiger partial charge in [-0.1, -0.05) is 5.57 Å². The van der Waals surface area contributed by atoms with Crippen LogP contribution in [0.2, 0.25) is 0 Å². The fourth-order valence-electron chi connectivity index (χ4n) is 0.799. The van der Waals surface area contributed by atoms with Crippen LogP contribution >= 0.6 is 22.6 Å². The fourth-order valence-corrected chi connectivity index (χ4v) is 1.30. The van der Waals surface area contributed by atoms with Crippen molar-refractivity contribution in [1.82, 2.24) is 4.98 Å². The number of hydrogen-bond acceptors (Lipinski definition) is 2. The molecule has 3 heteroatoms. The molecule has 13 heavy (non-hydrogen) atoms. The summed E-state index contributed by atoms with van der Waals surface area (Å²) in [5, 5.41) is 0. The van der Waals surface area contributed by atoms with Gasteiger partial charge in [0.25, 0.3) is 0 Å². The standard InChI is InChI=1S/C10H12INO/c1-8(2)5-7-13-10-9(11)4-3-6-12-10/h3-4,6H,1,5,7H2,2H3. The Bertz CT molecular complexity index is 299. The first-order valence-electron chi connectivity index (χ1n) is 4.08. The first-order chi connectivity index (χ1) is 6.20. The van der Waals surface area contributed by atoms with Crippen LogP contribution in [0, 0.1) is 3.57 Å². The van der Waals surface area contributed by atoms with Crippen LogP contribution in [0.5, 0.6) is 5.88 Å². The molecule has 0 aliphatic rings. The van der Waals surface area contributed by atoms with Crippen LogP contribution in [-0.4, -0.2) is 11.6 Å². The highest BCUT2D eigenvalue weighted by Crippen LogP contribution is 2.16. The Morgan fingerprint density at radius 3 is 3.08 bits per heavy atom. The molecule has 1 rings (SSSR count). The smallest absolute Gasteiger partial charge is 0.227 e. The number of pyridine rings is 1. The third-order valence-corrected chi connectivity index (χ3v) is 2.31. The molecule has 0 saturated carbocycles. The molecule has 0 aliphatic carbocycles. The zero-order valence-corrected chi connectivity index (χ0v) is 9.74. The summed E-state index contributed by atoms with van der Waals surface area (Å²) in [6.45, 7) is 6.45. The van der Waals surface area contributed by atoms with Crippen LogP contribution in [0.4, 0.5) is 0 Å². The van der Waals surface area contributed by atoms with Crippen molar-refractivity contribution in [2.24, 2.45) is 0 Å². The van der Waals surface area contributed by atoms with Gasteiger partial charge < -0.3 is 4.74 Å². The van der Waals surface area contributed by atoms with E-state index in [9.17, 15) is 0 Å². The first-order valence-corrected chi connectivity index (χ1v) is 5.15. The molecule has 1 aromatic rings. The van der Waals surface area contributed by atoms with Gasteiger partial charge in [-0.15, -0.1) is 6.58 Å². The zero-order valence-electron chi connectivity index (χ0n) is 7.59. The summed E-state index contributed by atoms with van der Waals surface area (Å²) in [5.74, 6) is 0.712. The van der Waals surface area contributed by atoms with Crippen LogP contribution in [0.15, 0.2) is 30.5 Å². The summed E-state index contributed by atoms with van der Waals surface area (Å²) < 4.78 is 6.51. The quantitative estimate of drug-likeness (QED) is 0.628. The second-order valence-corrected chi connectivity index (χ2v) is 4.01. The van der Waals surface area contributed by atoms with E-state index in [-0.39, 0.29) is 0 Å². The van der Waals surface area contributed by atoms with Crippen molar-refractivity contribution in [3.8, 4) is 5.88 Å². The molecule has 1 heterocycles. The van der Waals surface area contributed by atoms with Gasteiger partial charge in [-0.2, -0.15) is 0 Å². The summed E-state index contributed by atoms with van der Waals surface area (Å²) in [4.78, 5) is 4.12. The average molecular weight is 289 g/mol. The summed E-state index contributed by atoms with van der Waals surface area (Å²) in [7, 11) is 0. The highest BCUT2D eigenvalue weighted by Gasteiger charge is 1.99. The van der Waals surface area contributed by atoms with Crippen molar-refractivity contribution >= 4 is 22.6 Å². The fraction of sp³-hybridized carbons (Fsp3) is 0.300. The van der Waals surface area contributed by atoms with Gasteiger partial charge in [-0.05, 0) is 41.6 Å². The van der Waals surface area contributed by atoms with E-state index in [0.717, 1.165) is 15.6 Å². The van der Waals surface area contributed by atoms with Crippen LogP contribution < -0.4 is 4.74 Å². The van der Waals surface area contributed by atoms with Crippen molar-refractivity contribution in [3.63, 3.8) is 0 Å². The molecule has 0 aliphatic heterocycles. The van der Waals surface area contributed by atoms with E-state index in [2.05, 4.69) is 34.2 Å². The molecule has 0 atom stereocenters. The van der Waals surface area contributed by atoms with Gasteiger partial charge in [0.15, 0.2) is 0 Å². The molecule has 0 bridgehead atoms. The lowest BCUT2D eigenvalue weighted by atomic mass is 10.3. The molecular weight excluding hydrogens is 277 g/mol. The van der Waals surface area contributed by atoms with Gasteiger partial charge >= 0.3 is 0 Å². The number of nitrogens with zero attached hydrogens (tertiary/aromatic N) is 1. The summed E-state index contributed by atoms with van der Waals surface area (Å²) in [5.41, 5.74) is 1.13. The predicted molar refractivity (Wildman–Crippen MR) is 61.9 cm³/mol. The third kappa shape index (κ3) is 3.76. The van der Waals surface area contributed by atoms with E-state index in [1.54, 1.807) is 6.20 Å². The minimum Gasteiger partial charge on any atom is -0.477 e. The number of halogens is 1. The Morgan fingerprint density at radius 1 is 1.69 bits per heavy atom. The van der Waals surface area contributed by atoms with Gasteiger partial charge in [0, 0.05) is 12.6 Å². The molecule has 0 saturated heterocycles. The van der Waals surface area contributed by atoms with Gasteiger partial charge in [-0.3, -0.25) is 0 Å². The number of ether oxygens (including phenoxy) is 1. The molecule has 70 valence electrons. The van der Waals surface area contributed by atoms with E-state index in [0.29, 0.717) is 12.5 Å². The highest BCUT2D eigenvalue weighted by atomic mass is 127. The van der Waals surface area contributed by atoms with E-state index in [1.165, 1.54) is 0 Å². The van der Waals surface area contributed by atoms with Crippen molar-refractivity contribution in [3.05, 3.63) is 34.1 Å². The van der Waals surface area contributed by atoms with Crippen molar-refractivity contribution in [2.75, 3.05) is 6.61 Å². The van der Waals surface area contributed by atoms with Crippen molar-refractivity contribution in [1.29, 1.82) is 0 Å². The van der Waals surface area contributed by atoms with E-state index in [1.807, 2.05) is 19.1 Å². The Balaban J connectivity index is 2.45. The molecule has 0 fully saturated rings. The molecule has 0 amide bonds. The van der Waals surface area contributed by atoms with Crippen molar-refractivity contribution in [2.45, 2.75) is 13.3 Å². The average Bonchev–Trinajstić information content (AvgIpc) is 2.08. The van der Waals surface area contributed by atoms with Gasteiger partial charge in [-0.25, -0.2) is 4.98 Å². The largest absolute Gasteiger partial charge is 0.477 e. The molecule has 0 aromatic carbocycles. The third-order valence-electron chi connectivity index (χ3n) is 1.49. The lowest BCUT2D eigenvalue weighted by Crippen LogP contribution is -2.00. The second-order valence-electron chi connectivity index (χ2n) is 2.85. The van der Waals surface area contributed by atoms with Gasteiger partial charge in [0.2, 0.25) is 5.88 Å². The molecule has 0 radical (unpaired) electrons. The van der Waals surface area contributed by atoms with Crippen LogP contribution in [-0.2, 0) is 0 Å². The normalized spacial score (nSPS) is 9.69. The maximum atomic E-state index is 5.47. The molecular formula is C10H12INO. The Morgan fingerprint density at radius 2 is 2.46 bits per heavy atom. The zero-order chi connectivity index (χ0) is 9.68. The van der Waals surface area contributed by atoms with E-state index >= 15 is 0 Å². The van der Waals surface area contributed by atoms with E-state index in [4.69, 9.17) is 4.74 Å². The maximum absolute atomic E-state index is 5.47. The molecule has 0 unspecified atom stereocenters. The van der Waals surface area contributed by atoms with Gasteiger partial charge in [0.05, 0.1) is 10.2 Å². The summed E-state index contributed by atoms with van der Waals surface area (Å²) in [6.07, 6.45) is 2.62. The molecule has 0 N–H and O–H groups in total. The number of aromatic nitrogens is 1. The van der Waals surface area contributed by atoms with Crippen LogP contribution in [0.25, 0.3) is 0 Å². The van der Waals surface area contributed by atoms with Crippen LogP contribution in [0.3, 0.4) is 0 Å². The topological polar surface area (TPSA) is 22.1 Å². The summed E-state index contributed by atoms with van der Waals surface area (Å²) in [6, 6.07) is 3.87. The molecule has 1 aromatic heterocycles. The summed E-state index contributed by atoms with van der Waals surface area (Å²) >= 11 is 2.21. The Labute approximate surface area is 92.2 Å².